The summed E-state index contributed by atoms with van der Waals surface area (Å²) < 4.78 is 5.76. The lowest BCUT2D eigenvalue weighted by molar-refractivity contribution is -0.132. The molecular formula is C15H20N2O3. The minimum Gasteiger partial charge on any atom is -0.478 e. The minimum absolute atomic E-state index is 0.0371. The van der Waals surface area contributed by atoms with Crippen LogP contribution in [-0.2, 0) is 9.59 Å². The highest BCUT2D eigenvalue weighted by molar-refractivity contribution is 6.03. The number of ether oxygens (including phenoxy) is 1. The summed E-state index contributed by atoms with van der Waals surface area (Å²) in [6.07, 6.45) is -0.542. The smallest absolute Gasteiger partial charge is 0.268 e. The van der Waals surface area contributed by atoms with Crippen LogP contribution in [0.3, 0.4) is 0 Å². The topological polar surface area (TPSA) is 49.9 Å². The van der Waals surface area contributed by atoms with Gasteiger partial charge in [-0.3, -0.25) is 14.5 Å². The molecule has 1 aromatic rings. The van der Waals surface area contributed by atoms with Gasteiger partial charge < -0.3 is 9.64 Å². The normalized spacial score (nSPS) is 17.8. The van der Waals surface area contributed by atoms with E-state index in [9.17, 15) is 9.59 Å². The van der Waals surface area contributed by atoms with Crippen molar-refractivity contribution in [3.8, 4) is 5.75 Å². The van der Waals surface area contributed by atoms with Gasteiger partial charge in [0.25, 0.3) is 5.91 Å². The molecule has 5 heteroatoms. The molecule has 20 heavy (non-hydrogen) atoms. The van der Waals surface area contributed by atoms with E-state index in [4.69, 9.17) is 4.74 Å². The number of nitrogens with zero attached hydrogens (tertiary/aromatic N) is 2. The van der Waals surface area contributed by atoms with E-state index >= 15 is 0 Å². The van der Waals surface area contributed by atoms with Gasteiger partial charge in [-0.05, 0) is 18.1 Å². The highest BCUT2D eigenvalue weighted by Crippen LogP contribution is 2.35. The van der Waals surface area contributed by atoms with Crippen molar-refractivity contribution in [1.82, 2.24) is 4.90 Å². The van der Waals surface area contributed by atoms with E-state index < -0.39 is 6.10 Å². The molecule has 0 N–H and O–H groups in total. The monoisotopic (exact) mass is 276 g/mol. The number of amides is 2. The third kappa shape index (κ3) is 2.61. The standard InChI is InChI=1S/C15H20N2O3/c1-10(2)14-15(19)17(9-13(18)16(3)4)11-7-5-6-8-12(11)20-14/h5-8,10,14H,9H2,1-4H3/t14-/m0/s1. The molecule has 1 atom stereocenters. The van der Waals surface area contributed by atoms with Gasteiger partial charge in [-0.2, -0.15) is 0 Å². The minimum atomic E-state index is -0.542. The molecule has 108 valence electrons. The largest absolute Gasteiger partial charge is 0.478 e. The Balaban J connectivity index is 2.36. The molecule has 2 amide bonds. The van der Waals surface area contributed by atoms with Crippen molar-refractivity contribution in [3.05, 3.63) is 24.3 Å². The molecule has 1 heterocycles. The molecule has 1 aliphatic heterocycles. The van der Waals surface area contributed by atoms with Crippen LogP contribution in [0.1, 0.15) is 13.8 Å². The van der Waals surface area contributed by atoms with Crippen LogP contribution in [0.15, 0.2) is 24.3 Å². The summed E-state index contributed by atoms with van der Waals surface area (Å²) in [6, 6.07) is 7.31. The Bertz CT molecular complexity index is 526. The first-order chi connectivity index (χ1) is 9.41. The average molecular weight is 276 g/mol. The van der Waals surface area contributed by atoms with Gasteiger partial charge in [0.1, 0.15) is 12.3 Å². The first kappa shape index (κ1) is 14.4. The Morgan fingerprint density at radius 1 is 1.35 bits per heavy atom. The summed E-state index contributed by atoms with van der Waals surface area (Å²) in [5.41, 5.74) is 0.657. The number of fused-ring (bicyclic) bond motifs is 1. The fourth-order valence-corrected chi connectivity index (χ4v) is 2.10. The fourth-order valence-electron chi connectivity index (χ4n) is 2.10. The molecule has 5 nitrogen and oxygen atoms in total. The van der Waals surface area contributed by atoms with Gasteiger partial charge >= 0.3 is 0 Å². The predicted molar refractivity (Wildman–Crippen MR) is 76.7 cm³/mol. The molecule has 1 aliphatic rings. The summed E-state index contributed by atoms with van der Waals surface area (Å²) in [5, 5.41) is 0. The third-order valence-corrected chi connectivity index (χ3v) is 3.32. The number of anilines is 1. The second kappa shape index (κ2) is 5.53. The summed E-state index contributed by atoms with van der Waals surface area (Å²) in [7, 11) is 3.36. The quantitative estimate of drug-likeness (QED) is 0.841. The molecule has 0 unspecified atom stereocenters. The highest BCUT2D eigenvalue weighted by Gasteiger charge is 2.37. The van der Waals surface area contributed by atoms with Crippen molar-refractivity contribution in [2.75, 3.05) is 25.5 Å². The van der Waals surface area contributed by atoms with Crippen molar-refractivity contribution < 1.29 is 14.3 Å². The Kier molecular flexibility index (Phi) is 3.97. The van der Waals surface area contributed by atoms with Gasteiger partial charge in [-0.1, -0.05) is 26.0 Å². The number of benzene rings is 1. The van der Waals surface area contributed by atoms with Crippen molar-refractivity contribution >= 4 is 17.5 Å². The van der Waals surface area contributed by atoms with E-state index in [2.05, 4.69) is 0 Å². The zero-order chi connectivity index (χ0) is 14.9. The van der Waals surface area contributed by atoms with Gasteiger partial charge in [-0.15, -0.1) is 0 Å². The molecule has 0 bridgehead atoms. The molecule has 2 rings (SSSR count). The molecule has 0 radical (unpaired) electrons. The zero-order valence-corrected chi connectivity index (χ0v) is 12.3. The number of para-hydroxylation sites is 2. The van der Waals surface area contributed by atoms with Crippen LogP contribution in [0, 0.1) is 5.92 Å². The van der Waals surface area contributed by atoms with E-state index in [1.807, 2.05) is 32.0 Å². The SMILES string of the molecule is CC(C)[C@@H]1Oc2ccccc2N(CC(=O)N(C)C)C1=O. The Morgan fingerprint density at radius 3 is 2.60 bits per heavy atom. The van der Waals surface area contributed by atoms with Gasteiger partial charge in [0.15, 0.2) is 6.10 Å². The number of carbonyl (C=O) groups excluding carboxylic acids is 2. The Hall–Kier alpha value is -2.04. The maximum Gasteiger partial charge on any atom is 0.268 e. The van der Waals surface area contributed by atoms with Crippen LogP contribution in [0.25, 0.3) is 0 Å². The maximum atomic E-state index is 12.5. The van der Waals surface area contributed by atoms with E-state index in [0.29, 0.717) is 11.4 Å². The zero-order valence-electron chi connectivity index (χ0n) is 12.3. The van der Waals surface area contributed by atoms with Crippen molar-refractivity contribution in [1.29, 1.82) is 0 Å². The van der Waals surface area contributed by atoms with E-state index in [1.165, 1.54) is 9.80 Å². The second-order valence-corrected chi connectivity index (χ2v) is 5.46. The number of rotatable bonds is 3. The van der Waals surface area contributed by atoms with E-state index in [-0.39, 0.29) is 24.3 Å². The second-order valence-electron chi connectivity index (χ2n) is 5.46. The first-order valence-electron chi connectivity index (χ1n) is 6.69. The molecule has 0 saturated heterocycles. The number of hydrogen-bond donors (Lipinski definition) is 0. The third-order valence-electron chi connectivity index (χ3n) is 3.32. The predicted octanol–water partition coefficient (Wildman–Crippen LogP) is 1.52. The van der Waals surface area contributed by atoms with Crippen LogP contribution in [0.5, 0.6) is 5.75 Å². The lowest BCUT2D eigenvalue weighted by Crippen LogP contribution is -2.51. The summed E-state index contributed by atoms with van der Waals surface area (Å²) in [4.78, 5) is 27.5. The van der Waals surface area contributed by atoms with Crippen molar-refractivity contribution in [3.63, 3.8) is 0 Å². The van der Waals surface area contributed by atoms with Crippen LogP contribution in [0.4, 0.5) is 5.69 Å². The van der Waals surface area contributed by atoms with Crippen LogP contribution in [-0.4, -0.2) is 43.5 Å². The Labute approximate surface area is 119 Å². The number of carbonyl (C=O) groups is 2. The highest BCUT2D eigenvalue weighted by atomic mass is 16.5. The van der Waals surface area contributed by atoms with Gasteiger partial charge in [-0.25, -0.2) is 0 Å². The van der Waals surface area contributed by atoms with Gasteiger partial charge in [0.05, 0.1) is 5.69 Å². The number of likely N-dealkylation sites (N-methyl/N-ethyl adjacent to an activating group) is 1. The fraction of sp³-hybridized carbons (Fsp3) is 0.467. The molecule has 0 aromatic heterocycles. The summed E-state index contributed by atoms with van der Waals surface area (Å²) in [6.45, 7) is 3.90. The molecule has 0 spiro atoms. The van der Waals surface area contributed by atoms with Crippen molar-refractivity contribution in [2.24, 2.45) is 5.92 Å². The van der Waals surface area contributed by atoms with Crippen LogP contribution >= 0.6 is 0 Å². The number of hydrogen-bond acceptors (Lipinski definition) is 3. The first-order valence-corrected chi connectivity index (χ1v) is 6.69. The maximum absolute atomic E-state index is 12.5. The molecular weight excluding hydrogens is 256 g/mol. The summed E-state index contributed by atoms with van der Waals surface area (Å²) in [5.74, 6) is 0.427. The Morgan fingerprint density at radius 2 is 2.00 bits per heavy atom. The molecule has 0 saturated carbocycles. The molecule has 0 aliphatic carbocycles. The lowest BCUT2D eigenvalue weighted by atomic mass is 10.0. The average Bonchev–Trinajstić information content (AvgIpc) is 2.40. The molecule has 0 fully saturated rings. The van der Waals surface area contributed by atoms with Crippen LogP contribution in [0.2, 0.25) is 0 Å². The van der Waals surface area contributed by atoms with Crippen LogP contribution < -0.4 is 9.64 Å². The van der Waals surface area contributed by atoms with Gasteiger partial charge in [0, 0.05) is 14.1 Å². The van der Waals surface area contributed by atoms with E-state index in [1.54, 1.807) is 20.2 Å². The van der Waals surface area contributed by atoms with Crippen molar-refractivity contribution in [2.45, 2.75) is 20.0 Å². The molecule has 1 aromatic carbocycles. The van der Waals surface area contributed by atoms with Gasteiger partial charge in [0.2, 0.25) is 5.91 Å². The lowest BCUT2D eigenvalue weighted by Gasteiger charge is -2.35. The van der Waals surface area contributed by atoms with E-state index in [0.717, 1.165) is 0 Å². The summed E-state index contributed by atoms with van der Waals surface area (Å²) >= 11 is 0.